The number of anilines is 1. The van der Waals surface area contributed by atoms with Gasteiger partial charge in [0.25, 0.3) is 0 Å². The monoisotopic (exact) mass is 425 g/mol. The van der Waals surface area contributed by atoms with Gasteiger partial charge in [0, 0.05) is 4.47 Å². The number of fused-ring (bicyclic) bond motifs is 5. The molecule has 1 saturated carbocycles. The molecule has 0 unspecified atom stereocenters. The van der Waals surface area contributed by atoms with E-state index in [2.05, 4.69) is 33.2 Å². The third-order valence-corrected chi connectivity index (χ3v) is 6.81. The maximum atomic E-state index is 13.1. The Morgan fingerprint density at radius 3 is 2.22 bits per heavy atom. The van der Waals surface area contributed by atoms with Crippen molar-refractivity contribution in [3.63, 3.8) is 0 Å². The number of hydrogen-bond acceptors (Lipinski definition) is 3. The summed E-state index contributed by atoms with van der Waals surface area (Å²) in [5.74, 6) is -0.00512. The van der Waals surface area contributed by atoms with Crippen molar-refractivity contribution in [3.05, 3.63) is 57.8 Å². The number of carbonyl (C=O) groups is 2. The lowest BCUT2D eigenvalue weighted by Crippen LogP contribution is -2.33. The van der Waals surface area contributed by atoms with Crippen LogP contribution in [0.3, 0.4) is 0 Å². The summed E-state index contributed by atoms with van der Waals surface area (Å²) in [7, 11) is 0. The Bertz CT molecular complexity index is 962. The number of amides is 2. The number of aryl methyl sites for hydroxylation is 1. The zero-order chi connectivity index (χ0) is 18.9. The molecule has 2 fully saturated rings. The van der Waals surface area contributed by atoms with Gasteiger partial charge >= 0.3 is 0 Å². The molecule has 5 nitrogen and oxygen atoms in total. The largest absolute Gasteiger partial charge is 0.274 e. The Hall–Kier alpha value is -2.21. The molecule has 138 valence electrons. The Morgan fingerprint density at radius 1 is 1.04 bits per heavy atom. The Labute approximate surface area is 166 Å². The minimum absolute atomic E-state index is 0.0451. The van der Waals surface area contributed by atoms with E-state index in [4.69, 9.17) is 0 Å². The molecule has 1 saturated heterocycles. The second-order valence-corrected chi connectivity index (χ2v) is 8.73. The highest BCUT2D eigenvalue weighted by molar-refractivity contribution is 9.10. The fourth-order valence-corrected chi connectivity index (χ4v) is 5.31. The van der Waals surface area contributed by atoms with Crippen LogP contribution in [0.25, 0.3) is 0 Å². The molecule has 0 N–H and O–H groups in total. The van der Waals surface area contributed by atoms with Crippen LogP contribution in [0.5, 0.6) is 0 Å². The van der Waals surface area contributed by atoms with Crippen LogP contribution < -0.4 is 4.90 Å². The van der Waals surface area contributed by atoms with Crippen molar-refractivity contribution in [1.29, 1.82) is 0 Å². The molecule has 2 aliphatic carbocycles. The summed E-state index contributed by atoms with van der Waals surface area (Å²) >= 11 is 3.45. The molecule has 1 aliphatic heterocycles. The van der Waals surface area contributed by atoms with Crippen LogP contribution in [0.1, 0.15) is 23.4 Å². The summed E-state index contributed by atoms with van der Waals surface area (Å²) in [5, 5.41) is 4.63. The van der Waals surface area contributed by atoms with Crippen molar-refractivity contribution in [2.24, 2.45) is 23.7 Å². The molecular formula is C21H20BrN3O2. The van der Waals surface area contributed by atoms with E-state index in [1.165, 1.54) is 4.90 Å². The molecule has 4 atom stereocenters. The summed E-state index contributed by atoms with van der Waals surface area (Å²) < 4.78 is 2.92. The number of aromatic nitrogens is 2. The average molecular weight is 426 g/mol. The predicted octanol–water partition coefficient (Wildman–Crippen LogP) is 3.62. The molecule has 0 spiro atoms. The van der Waals surface area contributed by atoms with Crippen LogP contribution in [0, 0.1) is 37.5 Å². The zero-order valence-corrected chi connectivity index (χ0v) is 16.8. The Kier molecular flexibility index (Phi) is 3.69. The molecule has 0 radical (unpaired) electrons. The number of halogens is 1. The maximum Gasteiger partial charge on any atom is 0.238 e. The van der Waals surface area contributed by atoms with Gasteiger partial charge in [-0.25, -0.2) is 4.90 Å². The van der Waals surface area contributed by atoms with Crippen molar-refractivity contribution in [2.75, 3.05) is 4.90 Å². The van der Waals surface area contributed by atoms with E-state index < -0.39 is 0 Å². The van der Waals surface area contributed by atoms with Gasteiger partial charge in [0.15, 0.2) is 0 Å². The van der Waals surface area contributed by atoms with Gasteiger partial charge in [-0.1, -0.05) is 40.2 Å². The fourth-order valence-electron chi connectivity index (χ4n) is 5.05. The van der Waals surface area contributed by atoms with Crippen LogP contribution in [0.4, 0.5) is 5.69 Å². The first-order valence-corrected chi connectivity index (χ1v) is 10.1. The third-order valence-electron chi connectivity index (χ3n) is 6.28. The number of benzene rings is 1. The van der Waals surface area contributed by atoms with Crippen LogP contribution >= 0.6 is 15.9 Å². The number of nitrogens with zero attached hydrogens (tertiary/aromatic N) is 3. The van der Waals surface area contributed by atoms with Crippen LogP contribution in [0.2, 0.25) is 0 Å². The van der Waals surface area contributed by atoms with E-state index in [-0.39, 0.29) is 35.5 Å². The topological polar surface area (TPSA) is 55.2 Å². The van der Waals surface area contributed by atoms with Crippen molar-refractivity contribution < 1.29 is 9.59 Å². The van der Waals surface area contributed by atoms with Gasteiger partial charge in [-0.15, -0.1) is 0 Å². The molecule has 3 aliphatic rings. The lowest BCUT2D eigenvalue weighted by molar-refractivity contribution is -0.123. The number of carbonyl (C=O) groups excluding carboxylic acids is 2. The highest BCUT2D eigenvalue weighted by Crippen LogP contribution is 2.53. The first-order valence-electron chi connectivity index (χ1n) is 9.30. The van der Waals surface area contributed by atoms with E-state index in [1.807, 2.05) is 42.8 Å². The molecule has 27 heavy (non-hydrogen) atoms. The molecule has 1 aromatic heterocycles. The minimum atomic E-state index is -0.180. The van der Waals surface area contributed by atoms with E-state index in [0.717, 1.165) is 27.8 Å². The van der Waals surface area contributed by atoms with Gasteiger partial charge in [0.1, 0.15) is 0 Å². The number of hydrogen-bond donors (Lipinski definition) is 0. The third kappa shape index (κ3) is 2.39. The smallest absolute Gasteiger partial charge is 0.238 e. The van der Waals surface area contributed by atoms with Crippen LogP contribution in [-0.4, -0.2) is 21.6 Å². The SMILES string of the molecule is Cc1nn(Cc2ccc(Br)cc2)c(C)c1N1C(=O)[C@@H]2[C@@H](C1=O)[C@H]1C=C[C@H]2C1. The molecule has 5 rings (SSSR count). The van der Waals surface area contributed by atoms with Crippen molar-refractivity contribution in [1.82, 2.24) is 9.78 Å². The maximum absolute atomic E-state index is 13.1. The van der Waals surface area contributed by atoms with Crippen molar-refractivity contribution >= 4 is 33.4 Å². The summed E-state index contributed by atoms with van der Waals surface area (Å²) in [6, 6.07) is 8.08. The highest BCUT2D eigenvalue weighted by Gasteiger charge is 2.60. The highest BCUT2D eigenvalue weighted by atomic mass is 79.9. The lowest BCUT2D eigenvalue weighted by atomic mass is 9.85. The quantitative estimate of drug-likeness (QED) is 0.557. The molecule has 1 aromatic carbocycles. The second kappa shape index (κ2) is 5.89. The summed E-state index contributed by atoms with van der Waals surface area (Å²) in [5.41, 5.74) is 3.38. The van der Waals surface area contributed by atoms with Crippen molar-refractivity contribution in [3.8, 4) is 0 Å². The molecule has 2 amide bonds. The van der Waals surface area contributed by atoms with Crippen LogP contribution in [-0.2, 0) is 16.1 Å². The molecular weight excluding hydrogens is 406 g/mol. The molecule has 2 heterocycles. The standard InChI is InChI=1S/C21H20BrN3O2/c1-11-19(12(2)24(23-11)10-13-3-7-16(22)8-4-13)25-20(26)17-14-5-6-15(9-14)18(17)21(25)27/h3-8,14-15,17-18H,9-10H2,1-2H3/t14-,15-,17-,18-/m0/s1. The second-order valence-electron chi connectivity index (χ2n) is 7.82. The Balaban J connectivity index is 1.49. The Morgan fingerprint density at radius 2 is 1.63 bits per heavy atom. The van der Waals surface area contributed by atoms with E-state index >= 15 is 0 Å². The normalized spacial score (nSPS) is 28.5. The van der Waals surface area contributed by atoms with E-state index in [1.54, 1.807) is 0 Å². The molecule has 6 heteroatoms. The van der Waals surface area contributed by atoms with Gasteiger partial charge in [-0.2, -0.15) is 5.10 Å². The van der Waals surface area contributed by atoms with Gasteiger partial charge in [-0.3, -0.25) is 14.3 Å². The number of rotatable bonds is 3. The van der Waals surface area contributed by atoms with Crippen molar-refractivity contribution in [2.45, 2.75) is 26.8 Å². The molecule has 2 bridgehead atoms. The minimum Gasteiger partial charge on any atom is -0.274 e. The first kappa shape index (κ1) is 16.9. The summed E-state index contributed by atoms with van der Waals surface area (Å²) in [4.78, 5) is 27.7. The van der Waals surface area contributed by atoms with E-state index in [0.29, 0.717) is 12.2 Å². The van der Waals surface area contributed by atoms with Gasteiger partial charge in [0.05, 0.1) is 35.5 Å². The summed E-state index contributed by atoms with van der Waals surface area (Å²) in [6.45, 7) is 4.42. The predicted molar refractivity (Wildman–Crippen MR) is 105 cm³/mol. The first-order chi connectivity index (χ1) is 13.0. The number of allylic oxidation sites excluding steroid dienone is 2. The van der Waals surface area contributed by atoms with Crippen LogP contribution in [0.15, 0.2) is 40.9 Å². The average Bonchev–Trinajstić information content (AvgIpc) is 3.37. The molecule has 2 aromatic rings. The zero-order valence-electron chi connectivity index (χ0n) is 15.2. The number of imide groups is 1. The van der Waals surface area contributed by atoms with E-state index in [9.17, 15) is 9.59 Å². The fraction of sp³-hybridized carbons (Fsp3) is 0.381. The van der Waals surface area contributed by atoms with Gasteiger partial charge in [0.2, 0.25) is 11.8 Å². The van der Waals surface area contributed by atoms with Gasteiger partial charge in [-0.05, 0) is 49.8 Å². The lowest BCUT2D eigenvalue weighted by Gasteiger charge is -2.18. The van der Waals surface area contributed by atoms with Gasteiger partial charge < -0.3 is 0 Å². The summed E-state index contributed by atoms with van der Waals surface area (Å²) in [6.07, 6.45) is 5.19.